The van der Waals surface area contributed by atoms with Crippen LogP contribution in [0.2, 0.25) is 0 Å². The second-order valence-electron chi connectivity index (χ2n) is 5.26. The number of anilines is 1. The number of aromatic carboxylic acids is 1. The summed E-state index contributed by atoms with van der Waals surface area (Å²) in [6, 6.07) is 8.51. The van der Waals surface area contributed by atoms with Crippen molar-refractivity contribution in [3.8, 4) is 0 Å². The number of benzene rings is 1. The molecule has 2 rings (SSSR count). The molecule has 0 saturated carbocycles. The topological polar surface area (TPSA) is 83.5 Å². The van der Waals surface area contributed by atoms with Crippen LogP contribution in [-0.2, 0) is 10.0 Å². The molecule has 1 aromatic carbocycles. The zero-order valence-electron chi connectivity index (χ0n) is 12.5. The summed E-state index contributed by atoms with van der Waals surface area (Å²) in [6.45, 7) is 5.69. The van der Waals surface area contributed by atoms with Crippen molar-refractivity contribution in [2.75, 3.05) is 4.72 Å². The highest BCUT2D eigenvalue weighted by Gasteiger charge is 2.21. The van der Waals surface area contributed by atoms with Crippen LogP contribution in [0.3, 0.4) is 0 Å². The van der Waals surface area contributed by atoms with E-state index < -0.39 is 16.0 Å². The lowest BCUT2D eigenvalue weighted by Gasteiger charge is -2.09. The third-order valence-corrected chi connectivity index (χ3v) is 6.26. The zero-order valence-corrected chi connectivity index (χ0v) is 14.1. The third-order valence-electron chi connectivity index (χ3n) is 3.18. The van der Waals surface area contributed by atoms with Gasteiger partial charge in [-0.1, -0.05) is 26.0 Å². The SMILES string of the molecule is Cc1cc(S(=O)(=O)Nc2ccc(C(C)C)cc2)sc1C(=O)O. The zero-order chi connectivity index (χ0) is 16.5. The maximum absolute atomic E-state index is 12.3. The number of hydrogen-bond donors (Lipinski definition) is 2. The van der Waals surface area contributed by atoms with Crippen molar-refractivity contribution in [3.63, 3.8) is 0 Å². The Kier molecular flexibility index (Phi) is 4.58. The number of nitrogens with one attached hydrogen (secondary N) is 1. The summed E-state index contributed by atoms with van der Waals surface area (Å²) in [5, 5.41) is 9.01. The van der Waals surface area contributed by atoms with Crippen LogP contribution in [0.1, 0.15) is 40.6 Å². The number of carboxylic acid groups (broad SMARTS) is 1. The van der Waals surface area contributed by atoms with E-state index in [-0.39, 0.29) is 9.09 Å². The molecular weight excluding hydrogens is 322 g/mol. The number of rotatable bonds is 5. The standard InChI is InChI=1S/C15H17NO4S2/c1-9(2)11-4-6-12(7-5-11)16-22(19,20)13-8-10(3)14(21-13)15(17)18/h4-9,16H,1-3H3,(H,17,18). The van der Waals surface area contributed by atoms with Crippen LogP contribution in [0.5, 0.6) is 0 Å². The predicted molar refractivity (Wildman–Crippen MR) is 87.4 cm³/mol. The van der Waals surface area contributed by atoms with E-state index in [2.05, 4.69) is 18.6 Å². The van der Waals surface area contributed by atoms with Crippen LogP contribution in [-0.4, -0.2) is 19.5 Å². The van der Waals surface area contributed by atoms with Crippen molar-refractivity contribution in [2.45, 2.75) is 30.9 Å². The lowest BCUT2D eigenvalue weighted by molar-refractivity contribution is 0.0701. The Labute approximate surface area is 133 Å². The van der Waals surface area contributed by atoms with Gasteiger partial charge in [-0.2, -0.15) is 0 Å². The molecule has 1 heterocycles. The minimum absolute atomic E-state index is 0.00432. The van der Waals surface area contributed by atoms with Gasteiger partial charge in [0.25, 0.3) is 10.0 Å². The Morgan fingerprint density at radius 1 is 1.23 bits per heavy atom. The van der Waals surface area contributed by atoms with Crippen molar-refractivity contribution in [1.82, 2.24) is 0 Å². The maximum atomic E-state index is 12.3. The summed E-state index contributed by atoms with van der Waals surface area (Å²) >= 11 is 0.752. The third kappa shape index (κ3) is 3.48. The lowest BCUT2D eigenvalue weighted by atomic mass is 10.0. The van der Waals surface area contributed by atoms with Gasteiger partial charge in [-0.25, -0.2) is 13.2 Å². The van der Waals surface area contributed by atoms with Crippen molar-refractivity contribution >= 4 is 33.0 Å². The maximum Gasteiger partial charge on any atom is 0.346 e. The largest absolute Gasteiger partial charge is 0.477 e. The van der Waals surface area contributed by atoms with E-state index in [4.69, 9.17) is 5.11 Å². The first-order valence-corrected chi connectivity index (χ1v) is 8.97. The van der Waals surface area contributed by atoms with E-state index in [9.17, 15) is 13.2 Å². The van der Waals surface area contributed by atoms with Gasteiger partial charge >= 0.3 is 5.97 Å². The molecule has 0 unspecified atom stereocenters. The molecule has 22 heavy (non-hydrogen) atoms. The van der Waals surface area contributed by atoms with Gasteiger partial charge in [0.05, 0.1) is 0 Å². The van der Waals surface area contributed by atoms with Gasteiger partial charge in [0, 0.05) is 5.69 Å². The molecule has 0 aliphatic rings. The molecule has 0 bridgehead atoms. The first-order valence-electron chi connectivity index (χ1n) is 6.67. The van der Waals surface area contributed by atoms with E-state index in [1.807, 2.05) is 12.1 Å². The van der Waals surface area contributed by atoms with Crippen LogP contribution < -0.4 is 4.72 Å². The van der Waals surface area contributed by atoms with Crippen molar-refractivity contribution in [3.05, 3.63) is 46.3 Å². The monoisotopic (exact) mass is 339 g/mol. The Morgan fingerprint density at radius 3 is 2.27 bits per heavy atom. The molecular formula is C15H17NO4S2. The normalized spacial score (nSPS) is 11.6. The number of carboxylic acids is 1. The van der Waals surface area contributed by atoms with E-state index in [1.54, 1.807) is 19.1 Å². The molecule has 0 amide bonds. The van der Waals surface area contributed by atoms with Gasteiger partial charge in [0.1, 0.15) is 9.09 Å². The molecule has 1 aromatic heterocycles. The van der Waals surface area contributed by atoms with Crippen LogP contribution in [0, 0.1) is 6.92 Å². The average molecular weight is 339 g/mol. The predicted octanol–water partition coefficient (Wildman–Crippen LogP) is 3.68. The molecule has 0 aliphatic heterocycles. The van der Waals surface area contributed by atoms with Crippen LogP contribution in [0.25, 0.3) is 0 Å². The first-order chi connectivity index (χ1) is 10.2. The minimum Gasteiger partial charge on any atom is -0.477 e. The van der Waals surface area contributed by atoms with Gasteiger partial charge in [-0.05, 0) is 42.2 Å². The Bertz CT molecular complexity index is 789. The summed E-state index contributed by atoms with van der Waals surface area (Å²) in [4.78, 5) is 11.1. The highest BCUT2D eigenvalue weighted by Crippen LogP contribution is 2.28. The van der Waals surface area contributed by atoms with Crippen LogP contribution in [0.15, 0.2) is 34.5 Å². The molecule has 0 saturated heterocycles. The molecule has 0 spiro atoms. The number of hydrogen-bond acceptors (Lipinski definition) is 4. The molecule has 2 N–H and O–H groups in total. The minimum atomic E-state index is -3.78. The second kappa shape index (κ2) is 6.10. The van der Waals surface area contributed by atoms with Gasteiger partial charge < -0.3 is 5.11 Å². The first kappa shape index (κ1) is 16.5. The fourth-order valence-electron chi connectivity index (χ4n) is 1.94. The molecule has 5 nitrogen and oxygen atoms in total. The number of aryl methyl sites for hydroxylation is 1. The smallest absolute Gasteiger partial charge is 0.346 e. The number of thiophene rings is 1. The average Bonchev–Trinajstić information content (AvgIpc) is 2.82. The summed E-state index contributed by atoms with van der Waals surface area (Å²) in [7, 11) is -3.78. The molecule has 7 heteroatoms. The lowest BCUT2D eigenvalue weighted by Crippen LogP contribution is -2.11. The van der Waals surface area contributed by atoms with Crippen molar-refractivity contribution in [1.29, 1.82) is 0 Å². The van der Waals surface area contributed by atoms with Gasteiger partial charge in [0.15, 0.2) is 0 Å². The molecule has 0 atom stereocenters. The van der Waals surface area contributed by atoms with E-state index in [0.717, 1.165) is 16.9 Å². The highest BCUT2D eigenvalue weighted by atomic mass is 32.2. The molecule has 2 aromatic rings. The number of carbonyl (C=O) groups is 1. The van der Waals surface area contributed by atoms with Gasteiger partial charge in [0.2, 0.25) is 0 Å². The summed E-state index contributed by atoms with van der Waals surface area (Å²) < 4.78 is 27.1. The quantitative estimate of drug-likeness (QED) is 0.870. The summed E-state index contributed by atoms with van der Waals surface area (Å²) in [5.74, 6) is -0.756. The van der Waals surface area contributed by atoms with E-state index in [0.29, 0.717) is 17.2 Å². The molecule has 0 radical (unpaired) electrons. The Hall–Kier alpha value is -1.86. The molecule has 118 valence electrons. The van der Waals surface area contributed by atoms with E-state index in [1.165, 1.54) is 6.07 Å². The van der Waals surface area contributed by atoms with Gasteiger partial charge in [-0.15, -0.1) is 11.3 Å². The molecule has 0 aliphatic carbocycles. The Balaban J connectivity index is 2.27. The molecule has 0 fully saturated rings. The van der Waals surface area contributed by atoms with Crippen LogP contribution >= 0.6 is 11.3 Å². The Morgan fingerprint density at radius 2 is 1.82 bits per heavy atom. The fourth-order valence-corrected chi connectivity index (χ4v) is 4.38. The summed E-state index contributed by atoms with van der Waals surface area (Å²) in [5.41, 5.74) is 2.00. The number of sulfonamides is 1. The van der Waals surface area contributed by atoms with E-state index >= 15 is 0 Å². The highest BCUT2D eigenvalue weighted by molar-refractivity contribution is 7.94. The fraction of sp³-hybridized carbons (Fsp3) is 0.267. The van der Waals surface area contributed by atoms with Gasteiger partial charge in [-0.3, -0.25) is 4.72 Å². The second-order valence-corrected chi connectivity index (χ2v) is 8.23. The summed E-state index contributed by atoms with van der Waals surface area (Å²) in [6.07, 6.45) is 0. The van der Waals surface area contributed by atoms with Crippen molar-refractivity contribution < 1.29 is 18.3 Å². The van der Waals surface area contributed by atoms with Crippen molar-refractivity contribution in [2.24, 2.45) is 0 Å². The van der Waals surface area contributed by atoms with Crippen LogP contribution in [0.4, 0.5) is 5.69 Å².